The third kappa shape index (κ3) is 2.64. The number of hydrogen-bond acceptors (Lipinski definition) is 1. The maximum atomic E-state index is 3.15. The van der Waals surface area contributed by atoms with Crippen molar-refractivity contribution in [2.75, 3.05) is 0 Å². The van der Waals surface area contributed by atoms with Gasteiger partial charge in [-0.15, -0.1) is 22.2 Å². The monoisotopic (exact) mass is 214 g/mol. The fourth-order valence-corrected chi connectivity index (χ4v) is 2.03. The average molecular weight is 214 g/mol. The van der Waals surface area contributed by atoms with Gasteiger partial charge in [0.05, 0.1) is 0 Å². The third-order valence-electron chi connectivity index (χ3n) is 2.09. The fourth-order valence-electron chi connectivity index (χ4n) is 1.27. The predicted molar refractivity (Wildman–Crippen MR) is 54.8 cm³/mol. The molecule has 0 bridgehead atoms. The molecule has 0 aliphatic rings. The Bertz CT molecular complexity index is 390. The molecular weight excluding hydrogens is 203 g/mol. The summed E-state index contributed by atoms with van der Waals surface area (Å²) in [4.78, 5) is 0. The molecule has 0 radical (unpaired) electrons. The van der Waals surface area contributed by atoms with E-state index in [2.05, 4.69) is 37.4 Å². The number of thiophene rings is 1. The van der Waals surface area contributed by atoms with Crippen molar-refractivity contribution in [2.24, 2.45) is 0 Å². The molecule has 0 aliphatic heterocycles. The average Bonchev–Trinajstić information content (AvgIpc) is 2.49. The Balaban J connectivity index is 0.000000845. The van der Waals surface area contributed by atoms with Crippen molar-refractivity contribution in [2.45, 2.75) is 19.8 Å². The van der Waals surface area contributed by atoms with Gasteiger partial charge >= 0.3 is 51.4 Å². The van der Waals surface area contributed by atoms with E-state index in [1.54, 1.807) is 11.3 Å². The van der Waals surface area contributed by atoms with Gasteiger partial charge in [-0.3, -0.25) is 11.3 Å². The molecule has 0 saturated carbocycles. The zero-order valence-electron chi connectivity index (χ0n) is 8.29. The molecule has 0 N–H and O–H groups in total. The molecule has 2 heteroatoms. The van der Waals surface area contributed by atoms with Crippen molar-refractivity contribution in [1.82, 2.24) is 0 Å². The summed E-state index contributed by atoms with van der Waals surface area (Å²) in [5.74, 6) is 0.622. The van der Waals surface area contributed by atoms with Gasteiger partial charge in [-0.1, -0.05) is 25.5 Å². The molecule has 13 heavy (non-hydrogen) atoms. The summed E-state index contributed by atoms with van der Waals surface area (Å²) >= 11 is 1.69. The first-order valence-corrected chi connectivity index (χ1v) is 4.98. The van der Waals surface area contributed by atoms with Crippen LogP contribution in [0.4, 0.5) is 0 Å². The summed E-state index contributed by atoms with van der Waals surface area (Å²) in [6, 6.07) is 8.69. The molecule has 0 amide bonds. The number of rotatable bonds is 1. The molecule has 0 fully saturated rings. The van der Waals surface area contributed by atoms with Crippen LogP contribution in [0.3, 0.4) is 0 Å². The van der Waals surface area contributed by atoms with E-state index in [9.17, 15) is 0 Å². The first kappa shape index (κ1) is 11.9. The van der Waals surface area contributed by atoms with Gasteiger partial charge in [-0.05, 0) is 5.92 Å². The Hall–Kier alpha value is 0.816. The van der Waals surface area contributed by atoms with E-state index in [1.165, 1.54) is 15.6 Å². The topological polar surface area (TPSA) is 0 Å². The maximum absolute atomic E-state index is 3.15. The standard InChI is InChI=1S/C11H11S.K/c1-8(2)10-4-3-9-5-6-12-11(9)7-10;/h3-5,7-8H,1-2H3;/q-1;+1. The summed E-state index contributed by atoms with van der Waals surface area (Å²) in [7, 11) is 0. The van der Waals surface area contributed by atoms with Crippen LogP contribution in [0.5, 0.6) is 0 Å². The summed E-state index contributed by atoms with van der Waals surface area (Å²) in [6.07, 6.45) is 0. The van der Waals surface area contributed by atoms with E-state index >= 15 is 0 Å². The Kier molecular flexibility index (Phi) is 4.62. The van der Waals surface area contributed by atoms with Crippen molar-refractivity contribution in [1.29, 1.82) is 0 Å². The molecule has 0 saturated heterocycles. The summed E-state index contributed by atoms with van der Waals surface area (Å²) in [6.45, 7) is 4.44. The van der Waals surface area contributed by atoms with Crippen molar-refractivity contribution in [3.05, 3.63) is 35.2 Å². The molecule has 0 nitrogen and oxygen atoms in total. The second kappa shape index (κ2) is 5.05. The van der Waals surface area contributed by atoms with Crippen LogP contribution in [-0.2, 0) is 0 Å². The molecular formula is C11H11KS. The van der Waals surface area contributed by atoms with Crippen LogP contribution in [0, 0.1) is 5.38 Å². The van der Waals surface area contributed by atoms with Crippen molar-refractivity contribution < 1.29 is 51.4 Å². The van der Waals surface area contributed by atoms with Gasteiger partial charge in [-0.25, -0.2) is 0 Å². The normalized spacial score (nSPS) is 10.4. The Labute approximate surface area is 126 Å². The SMILES string of the molecule is CC(C)c1ccc2c[c-]sc2c1.[K+]. The van der Waals surface area contributed by atoms with Crippen LogP contribution in [0.25, 0.3) is 10.1 Å². The fraction of sp³-hybridized carbons (Fsp3) is 0.273. The zero-order valence-corrected chi connectivity index (χ0v) is 12.2. The van der Waals surface area contributed by atoms with E-state index < -0.39 is 0 Å². The number of benzene rings is 1. The third-order valence-corrected chi connectivity index (χ3v) is 2.90. The van der Waals surface area contributed by atoms with E-state index in [4.69, 9.17) is 0 Å². The summed E-state index contributed by atoms with van der Waals surface area (Å²) in [5, 5.41) is 4.46. The second-order valence-electron chi connectivity index (χ2n) is 3.32. The molecule has 2 rings (SSSR count). The van der Waals surface area contributed by atoms with Crippen molar-refractivity contribution in [3.8, 4) is 0 Å². The zero-order chi connectivity index (χ0) is 8.55. The molecule has 2 aromatic rings. The quantitative estimate of drug-likeness (QED) is 0.487. The van der Waals surface area contributed by atoms with E-state index in [-0.39, 0.29) is 51.4 Å². The van der Waals surface area contributed by atoms with Crippen molar-refractivity contribution in [3.63, 3.8) is 0 Å². The van der Waals surface area contributed by atoms with Gasteiger partial charge in [0, 0.05) is 0 Å². The molecule has 0 spiro atoms. The molecule has 0 aliphatic carbocycles. The van der Waals surface area contributed by atoms with Crippen LogP contribution < -0.4 is 51.4 Å². The minimum atomic E-state index is 0. The number of fused-ring (bicyclic) bond motifs is 1. The molecule has 1 heterocycles. The van der Waals surface area contributed by atoms with Gasteiger partial charge in [0.2, 0.25) is 0 Å². The van der Waals surface area contributed by atoms with E-state index in [0.717, 1.165) is 0 Å². The van der Waals surface area contributed by atoms with Gasteiger partial charge in [-0.2, -0.15) is 11.5 Å². The first-order chi connectivity index (χ1) is 5.77. The minimum Gasteiger partial charge on any atom is -0.296 e. The minimum absolute atomic E-state index is 0. The molecule has 62 valence electrons. The Morgan fingerprint density at radius 3 is 2.77 bits per heavy atom. The van der Waals surface area contributed by atoms with Crippen molar-refractivity contribution >= 4 is 21.4 Å². The summed E-state index contributed by atoms with van der Waals surface area (Å²) < 4.78 is 1.35. The first-order valence-electron chi connectivity index (χ1n) is 4.17. The largest absolute Gasteiger partial charge is 1.00 e. The Morgan fingerprint density at radius 2 is 2.08 bits per heavy atom. The van der Waals surface area contributed by atoms with E-state index in [0.29, 0.717) is 5.92 Å². The van der Waals surface area contributed by atoms with Crippen LogP contribution in [0.1, 0.15) is 25.3 Å². The molecule has 0 atom stereocenters. The summed E-state index contributed by atoms with van der Waals surface area (Å²) in [5.41, 5.74) is 1.42. The van der Waals surface area contributed by atoms with Crippen LogP contribution in [-0.4, -0.2) is 0 Å². The Morgan fingerprint density at radius 1 is 1.31 bits per heavy atom. The van der Waals surface area contributed by atoms with Gasteiger partial charge in [0.15, 0.2) is 0 Å². The van der Waals surface area contributed by atoms with Gasteiger partial charge < -0.3 is 0 Å². The van der Waals surface area contributed by atoms with Crippen LogP contribution >= 0.6 is 11.3 Å². The molecule has 1 aromatic heterocycles. The van der Waals surface area contributed by atoms with E-state index in [1.807, 2.05) is 6.07 Å². The number of hydrogen-bond donors (Lipinski definition) is 0. The second-order valence-corrected chi connectivity index (χ2v) is 4.20. The van der Waals surface area contributed by atoms with Crippen LogP contribution in [0.15, 0.2) is 24.3 Å². The van der Waals surface area contributed by atoms with Gasteiger partial charge in [0.25, 0.3) is 0 Å². The van der Waals surface area contributed by atoms with Gasteiger partial charge in [0.1, 0.15) is 0 Å². The molecule has 0 unspecified atom stereocenters. The maximum Gasteiger partial charge on any atom is 1.00 e. The molecule has 1 aromatic carbocycles. The van der Waals surface area contributed by atoms with Crippen LogP contribution in [0.2, 0.25) is 0 Å². The smallest absolute Gasteiger partial charge is 0.296 e. The predicted octanol–water partition coefficient (Wildman–Crippen LogP) is 0.829.